The largest absolute Gasteiger partial charge is 0.481 e. The average Bonchev–Trinajstić information content (AvgIpc) is 0.874. The Bertz CT molecular complexity index is 3510. The summed E-state index contributed by atoms with van der Waals surface area (Å²) in [7, 11) is 0. The van der Waals surface area contributed by atoms with Gasteiger partial charge in [-0.25, -0.2) is 14.4 Å². The fourth-order valence-electron chi connectivity index (χ4n) is 9.71. The molecule has 0 saturated heterocycles. The zero-order chi connectivity index (χ0) is 79.4. The summed E-state index contributed by atoms with van der Waals surface area (Å²) in [6.07, 6.45) is 3.97. The van der Waals surface area contributed by atoms with Crippen molar-refractivity contribution in [2.24, 2.45) is 22.9 Å². The van der Waals surface area contributed by atoms with Gasteiger partial charge in [0.15, 0.2) is 0 Å². The molecule has 0 saturated carbocycles. The first-order valence-electron chi connectivity index (χ1n) is 34.1. The molecule has 0 aliphatic carbocycles. The normalized spacial score (nSPS) is 14.0. The molecule has 4 aromatic rings. The highest BCUT2D eigenvalue weighted by Gasteiger charge is 2.35. The number of nitrogens with two attached hydrogens (primary N) is 4. The molecule has 588 valence electrons. The van der Waals surface area contributed by atoms with Crippen LogP contribution in [0, 0.1) is 0 Å². The van der Waals surface area contributed by atoms with Gasteiger partial charge >= 0.3 is 29.8 Å². The van der Waals surface area contributed by atoms with Crippen molar-refractivity contribution < 1.29 is 103 Å². The lowest BCUT2D eigenvalue weighted by molar-refractivity contribution is -0.150. The molecule has 4 aromatic carbocycles. The Morgan fingerprint density at radius 2 is 0.589 bits per heavy atom. The number of carbonyl (C=O) groups excluding carboxylic acids is 10. The van der Waals surface area contributed by atoms with E-state index >= 15 is 0 Å². The van der Waals surface area contributed by atoms with Crippen molar-refractivity contribution in [3.63, 3.8) is 0 Å². The average molecular weight is 1500 g/mol. The summed E-state index contributed by atoms with van der Waals surface area (Å²) in [5, 5.41) is 76.5. The topological polar surface area (TPSA) is 602 Å². The predicted octanol–water partition coefficient (Wildman–Crippen LogP) is -1.18. The van der Waals surface area contributed by atoms with E-state index in [2.05, 4.69) is 47.9 Å². The van der Waals surface area contributed by atoms with Gasteiger partial charge in [-0.2, -0.15) is 5.48 Å². The van der Waals surface area contributed by atoms with Crippen LogP contribution in [0.3, 0.4) is 0 Å². The van der Waals surface area contributed by atoms with Crippen LogP contribution in [0.25, 0.3) is 0 Å². The molecule has 9 amide bonds. The molecule has 0 fully saturated rings. The molecule has 0 aliphatic heterocycles. The maximum Gasteiger partial charge on any atom is 0.374 e. The number of amides is 9. The van der Waals surface area contributed by atoms with Gasteiger partial charge in [0.2, 0.25) is 53.2 Å². The molecule has 0 unspecified atom stereocenters. The van der Waals surface area contributed by atoms with Crippen molar-refractivity contribution in [1.29, 1.82) is 0 Å². The van der Waals surface area contributed by atoms with Crippen molar-refractivity contribution in [2.75, 3.05) is 13.1 Å². The van der Waals surface area contributed by atoms with Crippen molar-refractivity contribution in [1.82, 2.24) is 53.3 Å². The third-order valence-corrected chi connectivity index (χ3v) is 15.8. The van der Waals surface area contributed by atoms with Gasteiger partial charge in [0.1, 0.15) is 60.4 Å². The second-order valence-corrected chi connectivity index (χ2v) is 24.7. The first kappa shape index (κ1) is 93.9. The van der Waals surface area contributed by atoms with Crippen molar-refractivity contribution in [3.8, 4) is 0 Å². The summed E-state index contributed by atoms with van der Waals surface area (Å²) in [5.41, 5.74) is 27.0. The standard InChI is InChI=1S/C35H49N7O9.C20H30N4O5.C16H21N3O7.CH4/c1-21(38-32(47)25(37)16-10-5-11-17-36)30(45)40-26(18-23-12-6-3-7-13-23)33(48)39-22(2)31(46)41-27(20-29(43)44)34(49)42-28(35(50)51)19-24-14-8-4-9-15-24;1-13(23-19(27)15(22)10-6-3-7-11-21)18(26)24-16(17(25)20(28)29)12-14-8-4-2-5-9-14;1-9(19-26)14(22)17-11(8-13(20)21)15(23)18-12(16(24)25)7-10-5-3-2-4-6-10;/h3-4,6-9,12-15,21-22,25-28H,5,10-11,16-20,36-37H2,1-2H3,(H,38,47)(H,39,48)(H,40,45)(H,41,46)(H,42,49)(H,43,44)(H,50,51);2,4-5,8-9,13,15-16H,3,6-7,10-12,21-22H2,1H3,(H,23,27)(H,24,26)(H,28,29);2-6,9,11-12,19,26H,7-8H2,1H3,(H,17,22)(H,18,23)(H,20,21)(H,24,25);1H4/t21-,22-,25-,26-,27-,28-;13-,15-,16-;9-,11-,12-;/m000./s1. The fraction of sp³-hybridized carbons (Fsp3) is 0.458. The third-order valence-electron chi connectivity index (χ3n) is 15.8. The van der Waals surface area contributed by atoms with Crippen LogP contribution in [0.15, 0.2) is 121 Å². The van der Waals surface area contributed by atoms with Crippen LogP contribution in [0.4, 0.5) is 0 Å². The maximum atomic E-state index is 13.5. The molecule has 24 N–H and O–H groups in total. The van der Waals surface area contributed by atoms with Gasteiger partial charge in [-0.05, 0) is 88.7 Å². The summed E-state index contributed by atoms with van der Waals surface area (Å²) in [6.45, 7) is 6.58. The van der Waals surface area contributed by atoms with Crippen molar-refractivity contribution in [2.45, 2.75) is 198 Å². The minimum Gasteiger partial charge on any atom is -0.481 e. The van der Waals surface area contributed by atoms with E-state index in [0.717, 1.165) is 32.1 Å². The van der Waals surface area contributed by atoms with Crippen molar-refractivity contribution in [3.05, 3.63) is 144 Å². The number of carbonyl (C=O) groups is 15. The second-order valence-electron chi connectivity index (χ2n) is 24.7. The SMILES string of the molecule is C.C[C@H](NC(=O)[C@@H](N)CCCCCN)C(=O)N[C@@H](Cc1ccccc1)C(=O)C(=O)O.C[C@H](NC(=O)[C@H](Cc1ccccc1)NC(=O)[C@H](C)NC(=O)[C@@H](N)CCCCCN)C(=O)N[C@@H](CC(=O)O)C(=O)N[C@@H](Cc1ccccc1)C(=O)O.C[C@H](NO)C(=O)N[C@@H](CC(=O)O)C(=O)N[C@@H](Cc1ccccc1)C(=O)O. The number of carboxylic acid groups (broad SMARTS) is 5. The number of hydroxylamine groups is 1. The van der Waals surface area contributed by atoms with E-state index in [-0.39, 0.29) is 33.1 Å². The molecule has 0 heterocycles. The van der Waals surface area contributed by atoms with E-state index in [1.54, 1.807) is 127 Å². The highest BCUT2D eigenvalue weighted by Crippen LogP contribution is 2.11. The number of hydrogen-bond donors (Lipinski definition) is 20. The number of aliphatic carboxylic acids is 5. The summed E-state index contributed by atoms with van der Waals surface area (Å²) in [4.78, 5) is 183. The Hall–Kier alpha value is -11.1. The number of carboxylic acids is 5. The smallest absolute Gasteiger partial charge is 0.374 e. The number of rotatable bonds is 45. The molecule has 107 heavy (non-hydrogen) atoms. The minimum atomic E-state index is -1.68. The lowest BCUT2D eigenvalue weighted by Crippen LogP contribution is -2.59. The molecule has 12 atom stereocenters. The van der Waals surface area contributed by atoms with Gasteiger partial charge in [-0.1, -0.05) is 154 Å². The van der Waals surface area contributed by atoms with E-state index in [9.17, 15) is 87.2 Å². The van der Waals surface area contributed by atoms with Gasteiger partial charge < -0.3 is 102 Å². The Kier molecular flexibility index (Phi) is 44.9. The Morgan fingerprint density at radius 1 is 0.327 bits per heavy atom. The maximum absolute atomic E-state index is 13.5. The number of Topliss-reactive ketones (excluding diaryl/α,β-unsaturated/α-hetero) is 1. The Balaban J connectivity index is 0.000000867. The van der Waals surface area contributed by atoms with Crippen LogP contribution in [0.2, 0.25) is 0 Å². The number of ketones is 1. The van der Waals surface area contributed by atoms with Crippen LogP contribution < -0.4 is 76.3 Å². The minimum absolute atomic E-state index is 0. The van der Waals surface area contributed by atoms with Crippen LogP contribution >= 0.6 is 0 Å². The number of unbranched alkanes of at least 4 members (excludes halogenated alkanes) is 4. The molecular weight excluding hydrogens is 1400 g/mol. The summed E-state index contributed by atoms with van der Waals surface area (Å²) >= 11 is 0. The molecule has 35 nitrogen and oxygen atoms in total. The summed E-state index contributed by atoms with van der Waals surface area (Å²) in [5.74, 6) is -15.1. The number of benzene rings is 4. The van der Waals surface area contributed by atoms with E-state index in [1.807, 2.05) is 0 Å². The Morgan fingerprint density at radius 3 is 0.879 bits per heavy atom. The van der Waals surface area contributed by atoms with E-state index in [4.69, 9.17) is 38.4 Å². The number of hydrogen-bond acceptors (Lipinski definition) is 21. The van der Waals surface area contributed by atoms with E-state index < -0.39 is 174 Å². The van der Waals surface area contributed by atoms with Crippen LogP contribution in [-0.2, 0) is 97.6 Å². The monoisotopic (exact) mass is 1500 g/mol. The summed E-state index contributed by atoms with van der Waals surface area (Å²) < 4.78 is 0. The van der Waals surface area contributed by atoms with Crippen LogP contribution in [0.1, 0.15) is 122 Å². The molecule has 0 radical (unpaired) electrons. The van der Waals surface area contributed by atoms with Gasteiger partial charge in [0, 0.05) is 25.7 Å². The second kappa shape index (κ2) is 51.1. The molecule has 0 bridgehead atoms. The van der Waals surface area contributed by atoms with Crippen LogP contribution in [0.5, 0.6) is 0 Å². The highest BCUT2D eigenvalue weighted by atomic mass is 16.5. The van der Waals surface area contributed by atoms with Crippen LogP contribution in [-0.4, -0.2) is 205 Å². The molecule has 0 aromatic heterocycles. The van der Waals surface area contributed by atoms with Gasteiger partial charge in [-0.3, -0.25) is 57.5 Å². The molecule has 0 spiro atoms. The molecule has 0 aliphatic rings. The van der Waals surface area contributed by atoms with Gasteiger partial charge in [0.25, 0.3) is 5.78 Å². The van der Waals surface area contributed by atoms with E-state index in [1.165, 1.54) is 27.7 Å². The molecule has 4 rings (SSSR count). The van der Waals surface area contributed by atoms with Crippen molar-refractivity contribution >= 4 is 88.8 Å². The third kappa shape index (κ3) is 37.9. The number of nitrogens with one attached hydrogen (secondary N) is 10. The molecular formula is C72H104N14O21. The van der Waals surface area contributed by atoms with E-state index in [0.29, 0.717) is 54.6 Å². The zero-order valence-electron chi connectivity index (χ0n) is 59.4. The highest BCUT2D eigenvalue weighted by molar-refractivity contribution is 6.35. The van der Waals surface area contributed by atoms with Gasteiger partial charge in [0.05, 0.1) is 24.9 Å². The fourth-order valence-corrected chi connectivity index (χ4v) is 9.71. The summed E-state index contributed by atoms with van der Waals surface area (Å²) in [6, 6.07) is 20.0. The first-order chi connectivity index (χ1) is 50.2. The first-order valence-corrected chi connectivity index (χ1v) is 34.1. The predicted molar refractivity (Wildman–Crippen MR) is 390 cm³/mol. The van der Waals surface area contributed by atoms with Gasteiger partial charge in [-0.15, -0.1) is 0 Å². The molecule has 35 heteroatoms. The lowest BCUT2D eigenvalue weighted by atomic mass is 10.0. The lowest BCUT2D eigenvalue weighted by Gasteiger charge is -2.25. The Labute approximate surface area is 619 Å². The quantitative estimate of drug-likeness (QED) is 0.0141. The zero-order valence-corrected chi connectivity index (χ0v) is 59.4.